The summed E-state index contributed by atoms with van der Waals surface area (Å²) < 4.78 is 10.5. The fraction of sp³-hybridized carbons (Fsp3) is 1.00. The van der Waals surface area contributed by atoms with Crippen molar-refractivity contribution in [1.29, 1.82) is 0 Å². The number of methoxy groups -OCH3 is 1. The minimum absolute atomic E-state index is 0.809. The summed E-state index contributed by atoms with van der Waals surface area (Å²) in [6, 6.07) is 0.851. The molecule has 0 aliphatic heterocycles. The lowest BCUT2D eigenvalue weighted by molar-refractivity contribution is 0.103. The monoisotopic (exact) mass is 239 g/mol. The Hall–Kier alpha value is -0.120. The molecule has 1 N–H and O–H groups in total. The number of hydrogen-bond donors (Lipinski definition) is 1. The molecule has 2 bridgehead atoms. The third-order valence-electron chi connectivity index (χ3n) is 5.00. The van der Waals surface area contributed by atoms with Crippen molar-refractivity contribution in [3.05, 3.63) is 0 Å². The molecule has 4 atom stereocenters. The van der Waals surface area contributed by atoms with E-state index in [-0.39, 0.29) is 0 Å². The summed E-state index contributed by atoms with van der Waals surface area (Å²) in [5, 5.41) is 3.69. The Balaban J connectivity index is 1.23. The minimum atomic E-state index is 0.809. The van der Waals surface area contributed by atoms with E-state index in [1.165, 1.54) is 12.8 Å². The van der Waals surface area contributed by atoms with Gasteiger partial charge >= 0.3 is 0 Å². The first-order valence-corrected chi connectivity index (χ1v) is 7.22. The topological polar surface area (TPSA) is 30.5 Å². The highest BCUT2D eigenvalue weighted by molar-refractivity contribution is 5.16. The second-order valence-corrected chi connectivity index (χ2v) is 5.93. The summed E-state index contributed by atoms with van der Waals surface area (Å²) in [6.07, 6.45) is 5.57. The first-order valence-electron chi connectivity index (χ1n) is 7.22. The molecule has 17 heavy (non-hydrogen) atoms. The van der Waals surface area contributed by atoms with Crippen LogP contribution in [-0.2, 0) is 9.47 Å². The number of hydrogen-bond acceptors (Lipinski definition) is 3. The second kappa shape index (κ2) is 5.25. The van der Waals surface area contributed by atoms with Gasteiger partial charge in [0.05, 0.1) is 6.61 Å². The zero-order valence-corrected chi connectivity index (χ0v) is 10.9. The van der Waals surface area contributed by atoms with Gasteiger partial charge in [-0.15, -0.1) is 0 Å². The highest BCUT2D eigenvalue weighted by atomic mass is 16.5. The van der Waals surface area contributed by atoms with Crippen LogP contribution in [0.15, 0.2) is 0 Å². The molecule has 3 rings (SSSR count). The second-order valence-electron chi connectivity index (χ2n) is 5.93. The van der Waals surface area contributed by atoms with Gasteiger partial charge < -0.3 is 14.8 Å². The predicted molar refractivity (Wildman–Crippen MR) is 66.9 cm³/mol. The Morgan fingerprint density at radius 1 is 1.06 bits per heavy atom. The lowest BCUT2D eigenvalue weighted by atomic mass is 10.0. The van der Waals surface area contributed by atoms with Crippen LogP contribution in [0.1, 0.15) is 25.7 Å². The zero-order valence-electron chi connectivity index (χ0n) is 10.9. The third-order valence-corrected chi connectivity index (χ3v) is 5.00. The molecule has 4 unspecified atom stereocenters. The van der Waals surface area contributed by atoms with Gasteiger partial charge in [0, 0.05) is 32.9 Å². The molecule has 0 spiro atoms. The van der Waals surface area contributed by atoms with Crippen molar-refractivity contribution < 1.29 is 9.47 Å². The van der Waals surface area contributed by atoms with Crippen molar-refractivity contribution in [2.45, 2.75) is 31.7 Å². The van der Waals surface area contributed by atoms with Crippen LogP contribution >= 0.6 is 0 Å². The Labute approximate surface area is 104 Å². The normalized spacial score (nSPS) is 41.8. The van der Waals surface area contributed by atoms with Gasteiger partial charge in [0.15, 0.2) is 0 Å². The Morgan fingerprint density at radius 3 is 2.53 bits per heavy atom. The SMILES string of the molecule is COCCCOCCNC1C2C3CCC(C3)C12. The average Bonchev–Trinajstić information content (AvgIpc) is 2.74. The van der Waals surface area contributed by atoms with Crippen molar-refractivity contribution in [1.82, 2.24) is 5.32 Å². The number of nitrogens with one attached hydrogen (secondary N) is 1. The third kappa shape index (κ3) is 2.38. The van der Waals surface area contributed by atoms with Crippen LogP contribution in [-0.4, -0.2) is 39.5 Å². The average molecular weight is 239 g/mol. The molecular formula is C14H25NO2. The first-order chi connectivity index (χ1) is 8.42. The summed E-state index contributed by atoms with van der Waals surface area (Å²) in [7, 11) is 1.74. The van der Waals surface area contributed by atoms with Crippen molar-refractivity contribution in [2.24, 2.45) is 23.7 Å². The molecule has 3 fully saturated rings. The van der Waals surface area contributed by atoms with Crippen LogP contribution in [0.5, 0.6) is 0 Å². The highest BCUT2D eigenvalue weighted by Crippen LogP contribution is 2.65. The van der Waals surface area contributed by atoms with E-state index in [0.717, 1.165) is 62.5 Å². The van der Waals surface area contributed by atoms with Crippen LogP contribution in [0, 0.1) is 23.7 Å². The molecule has 0 aromatic heterocycles. The molecule has 0 aromatic rings. The molecule has 3 aliphatic carbocycles. The molecule has 0 radical (unpaired) electrons. The summed E-state index contributed by atoms with van der Waals surface area (Å²) in [4.78, 5) is 0. The Kier molecular flexibility index (Phi) is 3.69. The number of rotatable bonds is 8. The van der Waals surface area contributed by atoms with E-state index in [1.807, 2.05) is 0 Å². The molecule has 0 saturated heterocycles. The summed E-state index contributed by atoms with van der Waals surface area (Å²) >= 11 is 0. The van der Waals surface area contributed by atoms with E-state index in [1.54, 1.807) is 13.5 Å². The Morgan fingerprint density at radius 2 is 1.82 bits per heavy atom. The molecule has 3 nitrogen and oxygen atoms in total. The van der Waals surface area contributed by atoms with Gasteiger partial charge in [-0.05, 0) is 49.4 Å². The van der Waals surface area contributed by atoms with E-state index >= 15 is 0 Å². The predicted octanol–water partition coefficient (Wildman–Crippen LogP) is 1.67. The largest absolute Gasteiger partial charge is 0.385 e. The maximum absolute atomic E-state index is 5.56. The van der Waals surface area contributed by atoms with E-state index in [0.29, 0.717) is 0 Å². The summed E-state index contributed by atoms with van der Waals surface area (Å²) in [5.74, 6) is 4.24. The van der Waals surface area contributed by atoms with Gasteiger partial charge in [-0.1, -0.05) is 0 Å². The van der Waals surface area contributed by atoms with Crippen LogP contribution in [0.3, 0.4) is 0 Å². The summed E-state index contributed by atoms with van der Waals surface area (Å²) in [6.45, 7) is 3.53. The van der Waals surface area contributed by atoms with Gasteiger partial charge in [0.25, 0.3) is 0 Å². The van der Waals surface area contributed by atoms with Crippen LogP contribution < -0.4 is 5.32 Å². The van der Waals surface area contributed by atoms with E-state index in [2.05, 4.69) is 5.32 Å². The number of fused-ring (bicyclic) bond motifs is 5. The fourth-order valence-electron chi connectivity index (χ4n) is 4.30. The standard InChI is InChI=1S/C14H25NO2/c1-16-6-2-7-17-8-5-15-14-12-10-3-4-11(9-10)13(12)14/h10-15H,2-9H2,1H3. The molecule has 0 amide bonds. The molecule has 3 heteroatoms. The fourth-order valence-corrected chi connectivity index (χ4v) is 4.30. The summed E-state index contributed by atoms with van der Waals surface area (Å²) in [5.41, 5.74) is 0. The molecule has 3 aliphatic rings. The molecule has 0 heterocycles. The van der Waals surface area contributed by atoms with Gasteiger partial charge in [-0.3, -0.25) is 0 Å². The molecule has 98 valence electrons. The zero-order chi connectivity index (χ0) is 11.7. The number of ether oxygens (including phenoxy) is 2. The van der Waals surface area contributed by atoms with Crippen LogP contribution in [0.4, 0.5) is 0 Å². The molecule has 3 saturated carbocycles. The maximum Gasteiger partial charge on any atom is 0.0591 e. The van der Waals surface area contributed by atoms with Gasteiger partial charge in [-0.2, -0.15) is 0 Å². The van der Waals surface area contributed by atoms with Gasteiger partial charge in [0.1, 0.15) is 0 Å². The molecular weight excluding hydrogens is 214 g/mol. The first kappa shape index (κ1) is 11.9. The maximum atomic E-state index is 5.56. The highest BCUT2D eigenvalue weighted by Gasteiger charge is 2.64. The van der Waals surface area contributed by atoms with E-state index < -0.39 is 0 Å². The van der Waals surface area contributed by atoms with Gasteiger partial charge in [0.2, 0.25) is 0 Å². The van der Waals surface area contributed by atoms with Crippen molar-refractivity contribution in [2.75, 3.05) is 33.5 Å². The quantitative estimate of drug-likeness (QED) is 0.654. The van der Waals surface area contributed by atoms with Crippen molar-refractivity contribution >= 4 is 0 Å². The van der Waals surface area contributed by atoms with E-state index in [9.17, 15) is 0 Å². The van der Waals surface area contributed by atoms with Gasteiger partial charge in [-0.25, -0.2) is 0 Å². The Bertz CT molecular complexity index is 243. The molecule has 0 aromatic carbocycles. The van der Waals surface area contributed by atoms with Crippen LogP contribution in [0.25, 0.3) is 0 Å². The minimum Gasteiger partial charge on any atom is -0.385 e. The lowest BCUT2D eigenvalue weighted by Gasteiger charge is -2.10. The van der Waals surface area contributed by atoms with Crippen molar-refractivity contribution in [3.8, 4) is 0 Å². The van der Waals surface area contributed by atoms with E-state index in [4.69, 9.17) is 9.47 Å². The lowest BCUT2D eigenvalue weighted by Crippen LogP contribution is -2.27. The van der Waals surface area contributed by atoms with Crippen LogP contribution in [0.2, 0.25) is 0 Å². The van der Waals surface area contributed by atoms with Crippen molar-refractivity contribution in [3.63, 3.8) is 0 Å². The smallest absolute Gasteiger partial charge is 0.0591 e.